The van der Waals surface area contributed by atoms with E-state index in [9.17, 15) is 9.18 Å². The molecule has 0 bridgehead atoms. The van der Waals surface area contributed by atoms with Crippen LogP contribution in [0, 0.1) is 5.82 Å². The first kappa shape index (κ1) is 20.1. The second-order valence-corrected chi connectivity index (χ2v) is 7.20. The van der Waals surface area contributed by atoms with Crippen LogP contribution < -0.4 is 14.8 Å². The number of ether oxygens (including phenoxy) is 2. The summed E-state index contributed by atoms with van der Waals surface area (Å²) in [5, 5.41) is 20.9. The van der Waals surface area contributed by atoms with Crippen molar-refractivity contribution in [1.82, 2.24) is 5.32 Å². The molecule has 1 amide bonds. The van der Waals surface area contributed by atoms with Crippen LogP contribution in [-0.4, -0.2) is 48.1 Å². The fourth-order valence-corrected chi connectivity index (χ4v) is 3.44. The van der Waals surface area contributed by atoms with Crippen molar-refractivity contribution in [2.75, 3.05) is 20.3 Å². The van der Waals surface area contributed by atoms with Gasteiger partial charge in [0.15, 0.2) is 11.5 Å². The summed E-state index contributed by atoms with van der Waals surface area (Å²) in [5.41, 5.74) is 1.00. The number of methoxy groups -OCH3 is 1. The van der Waals surface area contributed by atoms with Gasteiger partial charge < -0.3 is 25.0 Å². The Morgan fingerprint density at radius 1 is 1.32 bits per heavy atom. The Kier molecular flexibility index (Phi) is 5.86. The zero-order valence-electron chi connectivity index (χ0n) is 15.9. The van der Waals surface area contributed by atoms with Crippen LogP contribution in [0.4, 0.5) is 4.39 Å². The highest BCUT2D eigenvalue weighted by Gasteiger charge is 2.38. The van der Waals surface area contributed by atoms with Gasteiger partial charge in [0.1, 0.15) is 11.4 Å². The number of carbonyl (C=O) groups excluding carboxylic acids is 1. The minimum atomic E-state index is -0.741. The van der Waals surface area contributed by atoms with Gasteiger partial charge in [-0.1, -0.05) is 18.2 Å². The van der Waals surface area contributed by atoms with Gasteiger partial charge in [-0.25, -0.2) is 4.39 Å². The molecule has 1 atom stereocenters. The predicted octanol–water partition coefficient (Wildman–Crippen LogP) is 1.85. The van der Waals surface area contributed by atoms with Gasteiger partial charge in [0.25, 0.3) is 5.91 Å². The van der Waals surface area contributed by atoms with E-state index in [-0.39, 0.29) is 19.0 Å². The summed E-state index contributed by atoms with van der Waals surface area (Å²) in [6.45, 7) is 1.16. The third kappa shape index (κ3) is 4.10. The standard InChI is InChI=1S/C21H24FNO5/c1-21(9-13-5-3-4-6-17(13)22)10-15-7-14(8-18(27-2)19(15)28-21)20(26)23-16(11-24)12-25/h3-8,16,24-25H,9-12H2,1-2H3,(H,23,26)/t21-/m0/s1. The molecule has 1 aliphatic rings. The zero-order chi connectivity index (χ0) is 20.3. The van der Waals surface area contributed by atoms with E-state index < -0.39 is 17.6 Å². The van der Waals surface area contributed by atoms with E-state index in [2.05, 4.69) is 5.32 Å². The Hall–Kier alpha value is -2.64. The molecule has 2 aromatic rings. The molecule has 28 heavy (non-hydrogen) atoms. The van der Waals surface area contributed by atoms with Gasteiger partial charge in [0.05, 0.1) is 26.4 Å². The molecule has 0 spiro atoms. The maximum Gasteiger partial charge on any atom is 0.251 e. The minimum absolute atomic E-state index is 0.283. The molecule has 0 radical (unpaired) electrons. The Labute approximate surface area is 162 Å². The lowest BCUT2D eigenvalue weighted by Gasteiger charge is -2.24. The molecule has 3 N–H and O–H groups in total. The van der Waals surface area contributed by atoms with Crippen LogP contribution in [0.1, 0.15) is 28.4 Å². The number of benzene rings is 2. The first-order valence-corrected chi connectivity index (χ1v) is 9.05. The summed E-state index contributed by atoms with van der Waals surface area (Å²) >= 11 is 0. The van der Waals surface area contributed by atoms with Crippen LogP contribution in [0.25, 0.3) is 0 Å². The highest BCUT2D eigenvalue weighted by molar-refractivity contribution is 5.95. The summed E-state index contributed by atoms with van der Waals surface area (Å²) in [6, 6.07) is 9.08. The smallest absolute Gasteiger partial charge is 0.251 e. The van der Waals surface area contributed by atoms with Crippen LogP contribution in [0.2, 0.25) is 0 Å². The molecule has 0 aliphatic carbocycles. The lowest BCUT2D eigenvalue weighted by molar-refractivity contribution is 0.0879. The maximum atomic E-state index is 14.1. The van der Waals surface area contributed by atoms with Crippen LogP contribution in [0.5, 0.6) is 11.5 Å². The van der Waals surface area contributed by atoms with Crippen LogP contribution in [0.3, 0.4) is 0 Å². The van der Waals surface area contributed by atoms with Crippen LogP contribution in [0.15, 0.2) is 36.4 Å². The Balaban J connectivity index is 1.86. The van der Waals surface area contributed by atoms with Crippen molar-refractivity contribution in [3.63, 3.8) is 0 Å². The lowest BCUT2D eigenvalue weighted by Crippen LogP contribution is -2.40. The molecule has 0 saturated carbocycles. The van der Waals surface area contributed by atoms with Crippen molar-refractivity contribution in [2.24, 2.45) is 0 Å². The fraction of sp³-hybridized carbons (Fsp3) is 0.381. The lowest BCUT2D eigenvalue weighted by atomic mass is 9.91. The van der Waals surface area contributed by atoms with Crippen molar-refractivity contribution in [2.45, 2.75) is 31.4 Å². The van der Waals surface area contributed by atoms with Gasteiger partial charge in [-0.15, -0.1) is 0 Å². The van der Waals surface area contributed by atoms with Crippen molar-refractivity contribution in [1.29, 1.82) is 0 Å². The van der Waals surface area contributed by atoms with Crippen molar-refractivity contribution < 1.29 is 28.9 Å². The second-order valence-electron chi connectivity index (χ2n) is 7.20. The summed E-state index contributed by atoms with van der Waals surface area (Å²) in [5.74, 6) is 0.231. The molecule has 7 heteroatoms. The molecule has 150 valence electrons. The Morgan fingerprint density at radius 2 is 2.04 bits per heavy atom. The normalized spacial score (nSPS) is 17.9. The monoisotopic (exact) mass is 389 g/mol. The van der Waals surface area contributed by atoms with E-state index in [1.165, 1.54) is 13.2 Å². The number of aliphatic hydroxyl groups is 2. The number of carbonyl (C=O) groups is 1. The van der Waals surface area contributed by atoms with E-state index in [0.717, 1.165) is 5.56 Å². The van der Waals surface area contributed by atoms with E-state index in [1.54, 1.807) is 30.3 Å². The fourth-order valence-electron chi connectivity index (χ4n) is 3.44. The van der Waals surface area contributed by atoms with Gasteiger partial charge in [-0.05, 0) is 30.7 Å². The number of rotatable bonds is 7. The Bertz CT molecular complexity index is 868. The Morgan fingerprint density at radius 3 is 2.68 bits per heavy atom. The molecule has 0 unspecified atom stereocenters. The molecule has 6 nitrogen and oxygen atoms in total. The van der Waals surface area contributed by atoms with Crippen molar-refractivity contribution in [3.8, 4) is 11.5 Å². The number of halogens is 1. The van der Waals surface area contributed by atoms with Gasteiger partial charge in [-0.2, -0.15) is 0 Å². The van der Waals surface area contributed by atoms with Gasteiger partial charge in [-0.3, -0.25) is 4.79 Å². The quantitative estimate of drug-likeness (QED) is 0.673. The highest BCUT2D eigenvalue weighted by Crippen LogP contribution is 2.44. The van der Waals surface area contributed by atoms with Gasteiger partial charge in [0, 0.05) is 24.0 Å². The molecule has 0 aromatic heterocycles. The molecule has 3 rings (SSSR count). The van der Waals surface area contributed by atoms with E-state index in [0.29, 0.717) is 35.5 Å². The SMILES string of the molecule is COc1cc(C(=O)NC(CO)CO)cc2c1O[C@@](C)(Cc1ccccc1F)C2. The zero-order valence-corrected chi connectivity index (χ0v) is 15.9. The number of hydrogen-bond donors (Lipinski definition) is 3. The van der Waals surface area contributed by atoms with Gasteiger partial charge in [0.2, 0.25) is 0 Å². The highest BCUT2D eigenvalue weighted by atomic mass is 19.1. The predicted molar refractivity (Wildman–Crippen MR) is 101 cm³/mol. The molecular weight excluding hydrogens is 365 g/mol. The summed E-state index contributed by atoms with van der Waals surface area (Å²) in [6.07, 6.45) is 0.855. The number of hydrogen-bond acceptors (Lipinski definition) is 5. The maximum absolute atomic E-state index is 14.1. The minimum Gasteiger partial charge on any atom is -0.493 e. The third-order valence-electron chi connectivity index (χ3n) is 4.82. The number of amides is 1. The summed E-state index contributed by atoms with van der Waals surface area (Å²) in [7, 11) is 1.48. The molecule has 1 aliphatic heterocycles. The van der Waals surface area contributed by atoms with E-state index >= 15 is 0 Å². The van der Waals surface area contributed by atoms with E-state index in [4.69, 9.17) is 19.7 Å². The summed E-state index contributed by atoms with van der Waals surface area (Å²) < 4.78 is 25.6. The molecule has 1 heterocycles. The molecule has 2 aromatic carbocycles. The topological polar surface area (TPSA) is 88.0 Å². The third-order valence-corrected chi connectivity index (χ3v) is 4.82. The number of fused-ring (bicyclic) bond motifs is 1. The first-order chi connectivity index (χ1) is 13.4. The summed E-state index contributed by atoms with van der Waals surface area (Å²) in [4.78, 5) is 12.5. The average Bonchev–Trinajstić information content (AvgIpc) is 3.02. The van der Waals surface area contributed by atoms with Crippen LogP contribution >= 0.6 is 0 Å². The first-order valence-electron chi connectivity index (χ1n) is 9.05. The van der Waals surface area contributed by atoms with E-state index in [1.807, 2.05) is 6.92 Å². The largest absolute Gasteiger partial charge is 0.493 e. The second kappa shape index (κ2) is 8.16. The molecule has 0 fully saturated rings. The average molecular weight is 389 g/mol. The van der Waals surface area contributed by atoms with Crippen LogP contribution in [-0.2, 0) is 12.8 Å². The van der Waals surface area contributed by atoms with Crippen molar-refractivity contribution in [3.05, 3.63) is 58.9 Å². The van der Waals surface area contributed by atoms with Gasteiger partial charge >= 0.3 is 0 Å². The van der Waals surface area contributed by atoms with Crippen molar-refractivity contribution >= 4 is 5.91 Å². The number of aliphatic hydroxyl groups excluding tert-OH is 2. The molecule has 0 saturated heterocycles. The number of nitrogens with one attached hydrogen (secondary N) is 1. The molecular formula is C21H24FNO5.